The van der Waals surface area contributed by atoms with E-state index < -0.39 is 21.7 Å². The van der Waals surface area contributed by atoms with Crippen LogP contribution >= 0.6 is 11.3 Å². The number of amides is 1. The van der Waals surface area contributed by atoms with Gasteiger partial charge in [0.05, 0.1) is 13.2 Å². The molecular formula is C16H17FN2O4S2. The predicted octanol–water partition coefficient (Wildman–Crippen LogP) is 1.84. The number of rotatable bonds is 5. The summed E-state index contributed by atoms with van der Waals surface area (Å²) in [5.41, 5.74) is 0.338. The molecule has 2 heterocycles. The SMILES string of the molecule is O=C(NCc1ccccc1F)c1sccc1S(=O)(=O)N1CCOCC1. The Morgan fingerprint density at radius 2 is 1.96 bits per heavy atom. The minimum atomic E-state index is -3.76. The molecule has 0 aliphatic carbocycles. The molecule has 2 aromatic rings. The molecule has 9 heteroatoms. The summed E-state index contributed by atoms with van der Waals surface area (Å²) >= 11 is 1.04. The van der Waals surface area contributed by atoms with Crippen molar-refractivity contribution in [3.8, 4) is 0 Å². The summed E-state index contributed by atoms with van der Waals surface area (Å²) in [7, 11) is -3.76. The first kappa shape index (κ1) is 18.0. The molecule has 0 radical (unpaired) electrons. The van der Waals surface area contributed by atoms with Crippen molar-refractivity contribution in [3.63, 3.8) is 0 Å². The molecule has 1 saturated heterocycles. The number of ether oxygens (including phenoxy) is 1. The fourth-order valence-electron chi connectivity index (χ4n) is 2.49. The average Bonchev–Trinajstić information content (AvgIpc) is 3.12. The number of nitrogens with zero attached hydrogens (tertiary/aromatic N) is 1. The van der Waals surface area contributed by atoms with Crippen LogP contribution < -0.4 is 5.32 Å². The number of sulfonamides is 1. The lowest BCUT2D eigenvalue weighted by Gasteiger charge is -2.26. The molecule has 1 amide bonds. The lowest BCUT2D eigenvalue weighted by atomic mass is 10.2. The van der Waals surface area contributed by atoms with E-state index in [9.17, 15) is 17.6 Å². The van der Waals surface area contributed by atoms with Gasteiger partial charge in [-0.2, -0.15) is 4.31 Å². The number of hydrogen-bond acceptors (Lipinski definition) is 5. The first-order valence-electron chi connectivity index (χ1n) is 7.67. The molecular weight excluding hydrogens is 367 g/mol. The maximum absolute atomic E-state index is 13.6. The van der Waals surface area contributed by atoms with Crippen molar-refractivity contribution in [3.05, 3.63) is 52.0 Å². The van der Waals surface area contributed by atoms with Crippen LogP contribution in [0.4, 0.5) is 4.39 Å². The quantitative estimate of drug-likeness (QED) is 0.854. The van der Waals surface area contributed by atoms with Crippen molar-refractivity contribution in [1.29, 1.82) is 0 Å². The Bertz CT molecular complexity index is 861. The monoisotopic (exact) mass is 384 g/mol. The van der Waals surface area contributed by atoms with Crippen LogP contribution in [-0.2, 0) is 21.3 Å². The van der Waals surface area contributed by atoms with E-state index in [2.05, 4.69) is 5.32 Å². The number of hydrogen-bond donors (Lipinski definition) is 1. The molecule has 0 bridgehead atoms. The predicted molar refractivity (Wildman–Crippen MR) is 91.5 cm³/mol. The van der Waals surface area contributed by atoms with E-state index in [1.54, 1.807) is 23.6 Å². The van der Waals surface area contributed by atoms with Crippen molar-refractivity contribution in [2.75, 3.05) is 26.3 Å². The molecule has 3 rings (SSSR count). The molecule has 6 nitrogen and oxygen atoms in total. The van der Waals surface area contributed by atoms with E-state index in [0.29, 0.717) is 18.8 Å². The molecule has 1 aliphatic heterocycles. The van der Waals surface area contributed by atoms with Crippen LogP contribution in [0.1, 0.15) is 15.2 Å². The molecule has 0 saturated carbocycles. The van der Waals surface area contributed by atoms with Crippen LogP contribution in [-0.4, -0.2) is 44.9 Å². The largest absolute Gasteiger partial charge is 0.379 e. The normalized spacial score (nSPS) is 15.9. The van der Waals surface area contributed by atoms with E-state index in [1.165, 1.54) is 16.4 Å². The third-order valence-corrected chi connectivity index (χ3v) is 6.80. The van der Waals surface area contributed by atoms with Crippen LogP contribution in [0.5, 0.6) is 0 Å². The Labute approximate surface area is 149 Å². The number of morpholine rings is 1. The van der Waals surface area contributed by atoms with Crippen LogP contribution in [0, 0.1) is 5.82 Å². The van der Waals surface area contributed by atoms with Crippen LogP contribution in [0.3, 0.4) is 0 Å². The zero-order chi connectivity index (χ0) is 17.9. The number of benzene rings is 1. The van der Waals surface area contributed by atoms with Gasteiger partial charge in [0.2, 0.25) is 10.0 Å². The second kappa shape index (κ2) is 7.61. The summed E-state index contributed by atoms with van der Waals surface area (Å²) in [6, 6.07) is 7.53. The van der Waals surface area contributed by atoms with E-state index >= 15 is 0 Å². The zero-order valence-corrected chi connectivity index (χ0v) is 14.9. The van der Waals surface area contributed by atoms with Gasteiger partial charge in [-0.15, -0.1) is 11.3 Å². The van der Waals surface area contributed by atoms with Crippen molar-refractivity contribution >= 4 is 27.3 Å². The van der Waals surface area contributed by atoms with E-state index in [0.717, 1.165) is 11.3 Å². The third-order valence-electron chi connectivity index (χ3n) is 3.82. The smallest absolute Gasteiger partial charge is 0.263 e. The molecule has 1 N–H and O–H groups in total. The van der Waals surface area contributed by atoms with Gasteiger partial charge < -0.3 is 10.1 Å². The Hall–Kier alpha value is -1.81. The number of carbonyl (C=O) groups is 1. The topological polar surface area (TPSA) is 75.7 Å². The summed E-state index contributed by atoms with van der Waals surface area (Å²) in [4.78, 5) is 12.5. The Kier molecular flexibility index (Phi) is 5.48. The third kappa shape index (κ3) is 3.90. The molecule has 0 atom stereocenters. The first-order chi connectivity index (χ1) is 12.0. The van der Waals surface area contributed by atoms with Crippen LogP contribution in [0.25, 0.3) is 0 Å². The minimum Gasteiger partial charge on any atom is -0.379 e. The standard InChI is InChI=1S/C16H17FN2O4S2/c17-13-4-2-1-3-12(13)11-18-16(20)15-14(5-10-24-15)25(21,22)19-6-8-23-9-7-19/h1-5,10H,6-9,11H2,(H,18,20). The molecule has 1 aliphatic rings. The number of thiophene rings is 1. The summed E-state index contributed by atoms with van der Waals surface area (Å²) < 4.78 is 45.6. The summed E-state index contributed by atoms with van der Waals surface area (Å²) in [5, 5.41) is 4.14. The summed E-state index contributed by atoms with van der Waals surface area (Å²) in [6.07, 6.45) is 0. The fraction of sp³-hybridized carbons (Fsp3) is 0.312. The molecule has 1 fully saturated rings. The van der Waals surface area contributed by atoms with E-state index in [4.69, 9.17) is 4.74 Å². The molecule has 1 aromatic heterocycles. The van der Waals surface area contributed by atoms with E-state index in [1.807, 2.05) is 0 Å². The van der Waals surface area contributed by atoms with Gasteiger partial charge in [-0.1, -0.05) is 18.2 Å². The van der Waals surface area contributed by atoms with Gasteiger partial charge in [-0.05, 0) is 17.5 Å². The second-order valence-electron chi connectivity index (χ2n) is 5.40. The Morgan fingerprint density at radius 1 is 1.24 bits per heavy atom. The van der Waals surface area contributed by atoms with Gasteiger partial charge in [0.15, 0.2) is 0 Å². The maximum atomic E-state index is 13.6. The molecule has 0 unspecified atom stereocenters. The lowest BCUT2D eigenvalue weighted by molar-refractivity contribution is 0.0730. The second-order valence-corrected chi connectivity index (χ2v) is 8.23. The highest BCUT2D eigenvalue weighted by molar-refractivity contribution is 7.89. The lowest BCUT2D eigenvalue weighted by Crippen LogP contribution is -2.41. The highest BCUT2D eigenvalue weighted by Crippen LogP contribution is 2.26. The van der Waals surface area contributed by atoms with Crippen LogP contribution in [0.2, 0.25) is 0 Å². The Balaban J connectivity index is 1.76. The Morgan fingerprint density at radius 3 is 2.68 bits per heavy atom. The van der Waals surface area contributed by atoms with Gasteiger partial charge in [0.1, 0.15) is 15.6 Å². The van der Waals surface area contributed by atoms with Gasteiger partial charge in [-0.25, -0.2) is 12.8 Å². The molecule has 25 heavy (non-hydrogen) atoms. The molecule has 1 aromatic carbocycles. The molecule has 134 valence electrons. The van der Waals surface area contributed by atoms with Gasteiger partial charge in [0.25, 0.3) is 5.91 Å². The van der Waals surface area contributed by atoms with Crippen molar-refractivity contribution < 1.29 is 22.3 Å². The number of nitrogens with one attached hydrogen (secondary N) is 1. The zero-order valence-electron chi connectivity index (χ0n) is 13.3. The molecule has 0 spiro atoms. The average molecular weight is 384 g/mol. The fourth-order valence-corrected chi connectivity index (χ4v) is 5.21. The number of halogens is 1. The van der Waals surface area contributed by atoms with Gasteiger partial charge in [0, 0.05) is 25.2 Å². The van der Waals surface area contributed by atoms with Crippen molar-refractivity contribution in [2.45, 2.75) is 11.4 Å². The first-order valence-corrected chi connectivity index (χ1v) is 9.99. The van der Waals surface area contributed by atoms with Crippen LogP contribution in [0.15, 0.2) is 40.6 Å². The highest BCUT2D eigenvalue weighted by atomic mass is 32.2. The van der Waals surface area contributed by atoms with Crippen molar-refractivity contribution in [2.24, 2.45) is 0 Å². The summed E-state index contributed by atoms with van der Waals surface area (Å²) in [5.74, 6) is -0.958. The maximum Gasteiger partial charge on any atom is 0.263 e. The van der Waals surface area contributed by atoms with Gasteiger partial charge >= 0.3 is 0 Å². The minimum absolute atomic E-state index is 0.0134. The van der Waals surface area contributed by atoms with E-state index in [-0.39, 0.29) is 29.4 Å². The van der Waals surface area contributed by atoms with Crippen molar-refractivity contribution in [1.82, 2.24) is 9.62 Å². The summed E-state index contributed by atoms with van der Waals surface area (Å²) in [6.45, 7) is 1.17. The van der Waals surface area contributed by atoms with Gasteiger partial charge in [-0.3, -0.25) is 4.79 Å². The number of carbonyl (C=O) groups excluding carboxylic acids is 1. The highest BCUT2D eigenvalue weighted by Gasteiger charge is 2.31.